The lowest BCUT2D eigenvalue weighted by molar-refractivity contribution is 0.0785. The summed E-state index contributed by atoms with van der Waals surface area (Å²) in [5.74, 6) is -0.297. The summed E-state index contributed by atoms with van der Waals surface area (Å²) in [4.78, 5) is 14.4. The van der Waals surface area contributed by atoms with E-state index in [9.17, 15) is 13.2 Å². The van der Waals surface area contributed by atoms with E-state index in [1.54, 1.807) is 37.1 Å². The van der Waals surface area contributed by atoms with Crippen molar-refractivity contribution in [2.24, 2.45) is 7.05 Å². The molecule has 4 rings (SSSR count). The van der Waals surface area contributed by atoms with Gasteiger partial charge in [0, 0.05) is 44.5 Å². The Morgan fingerprint density at radius 1 is 1.23 bits per heavy atom. The molecule has 3 aromatic rings. The van der Waals surface area contributed by atoms with Crippen molar-refractivity contribution in [3.63, 3.8) is 0 Å². The molecular formula is C21H21ClN4O3S. The van der Waals surface area contributed by atoms with E-state index in [0.717, 1.165) is 11.1 Å². The second kappa shape index (κ2) is 7.77. The number of amides is 1. The lowest BCUT2D eigenvalue weighted by Gasteiger charge is -2.21. The molecule has 0 radical (unpaired) electrons. The van der Waals surface area contributed by atoms with Crippen LogP contribution in [-0.4, -0.2) is 42.6 Å². The van der Waals surface area contributed by atoms with Crippen LogP contribution in [0.5, 0.6) is 0 Å². The van der Waals surface area contributed by atoms with Crippen LogP contribution in [0.1, 0.15) is 21.5 Å². The molecule has 2 heterocycles. The zero-order valence-electron chi connectivity index (χ0n) is 16.6. The van der Waals surface area contributed by atoms with Gasteiger partial charge in [0.2, 0.25) is 0 Å². The van der Waals surface area contributed by atoms with Gasteiger partial charge in [0.15, 0.2) is 0 Å². The summed E-state index contributed by atoms with van der Waals surface area (Å²) in [7, 11) is -0.437. The Hall–Kier alpha value is -2.84. The van der Waals surface area contributed by atoms with Gasteiger partial charge in [-0.1, -0.05) is 29.8 Å². The van der Waals surface area contributed by atoms with Gasteiger partial charge in [-0.3, -0.25) is 13.8 Å². The monoisotopic (exact) mass is 444 g/mol. The Bertz CT molecular complexity index is 1220. The molecule has 0 atom stereocenters. The van der Waals surface area contributed by atoms with Crippen molar-refractivity contribution < 1.29 is 13.2 Å². The maximum absolute atomic E-state index is 13.4. The van der Waals surface area contributed by atoms with E-state index in [-0.39, 0.29) is 21.4 Å². The minimum atomic E-state index is -3.90. The van der Waals surface area contributed by atoms with Gasteiger partial charge in [-0.25, -0.2) is 8.42 Å². The van der Waals surface area contributed by atoms with Crippen molar-refractivity contribution in [1.82, 2.24) is 14.7 Å². The smallest absolute Gasteiger partial charge is 0.265 e. The number of rotatable bonds is 5. The third kappa shape index (κ3) is 3.68. The van der Waals surface area contributed by atoms with E-state index in [1.807, 2.05) is 24.4 Å². The largest absolute Gasteiger partial charge is 0.337 e. The quantitative estimate of drug-likeness (QED) is 0.606. The molecule has 0 saturated carbocycles. The maximum Gasteiger partial charge on any atom is 0.265 e. The Morgan fingerprint density at radius 2 is 2.00 bits per heavy atom. The van der Waals surface area contributed by atoms with Crippen LogP contribution in [0.3, 0.4) is 0 Å². The number of carbonyl (C=O) groups excluding carboxylic acids is 1. The van der Waals surface area contributed by atoms with Crippen LogP contribution in [0, 0.1) is 0 Å². The van der Waals surface area contributed by atoms with Crippen molar-refractivity contribution in [2.45, 2.75) is 17.9 Å². The molecule has 1 aliphatic rings. The van der Waals surface area contributed by atoms with Gasteiger partial charge in [0.1, 0.15) is 4.90 Å². The zero-order chi connectivity index (χ0) is 21.5. The Labute approximate surface area is 180 Å². The number of sulfonamides is 1. The molecule has 1 amide bonds. The van der Waals surface area contributed by atoms with E-state index >= 15 is 0 Å². The summed E-state index contributed by atoms with van der Waals surface area (Å²) in [6.45, 7) is 0.702. The molecule has 1 aromatic heterocycles. The fourth-order valence-corrected chi connectivity index (χ4v) is 5.64. The highest BCUT2D eigenvalue weighted by Gasteiger charge is 2.32. The first-order chi connectivity index (χ1) is 14.3. The molecule has 30 heavy (non-hydrogen) atoms. The van der Waals surface area contributed by atoms with Crippen molar-refractivity contribution >= 4 is 33.2 Å². The minimum Gasteiger partial charge on any atom is -0.337 e. The predicted octanol–water partition coefficient (Wildman–Crippen LogP) is 3.10. The van der Waals surface area contributed by atoms with Crippen LogP contribution in [0.15, 0.2) is 59.8 Å². The summed E-state index contributed by atoms with van der Waals surface area (Å²) < 4.78 is 29.7. The van der Waals surface area contributed by atoms with Crippen LogP contribution >= 0.6 is 11.6 Å². The van der Waals surface area contributed by atoms with E-state index in [2.05, 4.69) is 5.10 Å². The first-order valence-electron chi connectivity index (χ1n) is 9.40. The number of hydrogen-bond acceptors (Lipinski definition) is 4. The third-order valence-corrected chi connectivity index (χ3v) is 7.41. The van der Waals surface area contributed by atoms with Crippen molar-refractivity contribution in [2.75, 3.05) is 17.9 Å². The van der Waals surface area contributed by atoms with Crippen LogP contribution < -0.4 is 4.31 Å². The molecule has 0 bridgehead atoms. The normalized spacial score (nSPS) is 13.4. The molecular weight excluding hydrogens is 424 g/mol. The van der Waals surface area contributed by atoms with Crippen LogP contribution in [0.2, 0.25) is 5.02 Å². The number of para-hydroxylation sites is 1. The third-order valence-electron chi connectivity index (χ3n) is 5.12. The van der Waals surface area contributed by atoms with Gasteiger partial charge in [-0.15, -0.1) is 0 Å². The average Bonchev–Trinajstić information content (AvgIpc) is 3.34. The topological polar surface area (TPSA) is 75.5 Å². The predicted molar refractivity (Wildman–Crippen MR) is 115 cm³/mol. The standard InChI is InChI=1S/C21H21ClN4O3S/c1-24(13-15-12-23-25(2)14-15)21(27)17-7-8-18(22)20(11-17)30(28,29)26-10-9-16-5-3-4-6-19(16)26/h3-8,11-12,14H,9-10,13H2,1-2H3. The SMILES string of the molecule is CN(Cc1cnn(C)c1)C(=O)c1ccc(Cl)c(S(=O)(=O)N2CCc3ccccc32)c1. The van der Waals surface area contributed by atoms with Crippen LogP contribution in [0.4, 0.5) is 5.69 Å². The van der Waals surface area contributed by atoms with Gasteiger partial charge >= 0.3 is 0 Å². The molecule has 0 unspecified atom stereocenters. The minimum absolute atomic E-state index is 0.0681. The fraction of sp³-hybridized carbons (Fsp3) is 0.238. The van der Waals surface area contributed by atoms with E-state index < -0.39 is 10.0 Å². The van der Waals surface area contributed by atoms with Crippen LogP contribution in [0.25, 0.3) is 0 Å². The molecule has 0 aliphatic carbocycles. The highest BCUT2D eigenvalue weighted by molar-refractivity contribution is 7.93. The molecule has 0 saturated heterocycles. The number of anilines is 1. The number of carbonyl (C=O) groups is 1. The maximum atomic E-state index is 13.4. The Morgan fingerprint density at radius 3 is 2.73 bits per heavy atom. The summed E-state index contributed by atoms with van der Waals surface area (Å²) in [6.07, 6.45) is 4.15. The van der Waals surface area contributed by atoms with Gasteiger partial charge in [0.25, 0.3) is 15.9 Å². The number of aromatic nitrogens is 2. The van der Waals surface area contributed by atoms with E-state index in [1.165, 1.54) is 21.3 Å². The number of benzene rings is 2. The molecule has 0 spiro atoms. The van der Waals surface area contributed by atoms with Crippen molar-refractivity contribution in [3.8, 4) is 0 Å². The summed E-state index contributed by atoms with van der Waals surface area (Å²) >= 11 is 6.26. The van der Waals surface area contributed by atoms with Gasteiger partial charge in [0.05, 0.1) is 16.9 Å². The summed E-state index contributed by atoms with van der Waals surface area (Å²) in [5.41, 5.74) is 2.76. The number of nitrogens with zero attached hydrogens (tertiary/aromatic N) is 4. The molecule has 9 heteroatoms. The second-order valence-corrected chi connectivity index (χ2v) is 9.52. The van der Waals surface area contributed by atoms with Crippen molar-refractivity contribution in [1.29, 1.82) is 0 Å². The van der Waals surface area contributed by atoms with Gasteiger partial charge < -0.3 is 4.90 Å². The number of halogens is 1. The van der Waals surface area contributed by atoms with Crippen LogP contribution in [-0.2, 0) is 30.0 Å². The van der Waals surface area contributed by atoms with E-state index in [0.29, 0.717) is 25.2 Å². The number of fused-ring (bicyclic) bond motifs is 1. The molecule has 7 nitrogen and oxygen atoms in total. The summed E-state index contributed by atoms with van der Waals surface area (Å²) in [5, 5.41) is 4.19. The lowest BCUT2D eigenvalue weighted by Crippen LogP contribution is -2.30. The van der Waals surface area contributed by atoms with Gasteiger partial charge in [-0.2, -0.15) is 5.10 Å². The highest BCUT2D eigenvalue weighted by Crippen LogP contribution is 2.35. The van der Waals surface area contributed by atoms with E-state index in [4.69, 9.17) is 11.6 Å². The average molecular weight is 445 g/mol. The molecule has 156 valence electrons. The molecule has 0 N–H and O–H groups in total. The second-order valence-electron chi connectivity index (χ2n) is 7.28. The summed E-state index contributed by atoms with van der Waals surface area (Å²) in [6, 6.07) is 11.8. The molecule has 0 fully saturated rings. The molecule has 2 aromatic carbocycles. The van der Waals surface area contributed by atoms with Gasteiger partial charge in [-0.05, 0) is 36.2 Å². The highest BCUT2D eigenvalue weighted by atomic mass is 35.5. The lowest BCUT2D eigenvalue weighted by atomic mass is 10.2. The first kappa shape index (κ1) is 20.4. The first-order valence-corrected chi connectivity index (χ1v) is 11.2. The zero-order valence-corrected chi connectivity index (χ0v) is 18.2. The number of hydrogen-bond donors (Lipinski definition) is 0. The molecule has 1 aliphatic heterocycles. The Balaban J connectivity index is 1.64. The van der Waals surface area contributed by atoms with Crippen molar-refractivity contribution in [3.05, 3.63) is 76.6 Å². The number of aryl methyl sites for hydroxylation is 1. The fourth-order valence-electron chi connectivity index (χ4n) is 3.63. The Kier molecular flexibility index (Phi) is 5.29.